The molecule has 268 valence electrons. The number of likely N-dealkylation sites (tertiary alicyclic amines) is 1. The van der Waals surface area contributed by atoms with E-state index in [9.17, 15) is 28.8 Å². The molecule has 2 aromatic carbocycles. The van der Waals surface area contributed by atoms with Crippen molar-refractivity contribution < 1.29 is 38.2 Å². The first-order valence-corrected chi connectivity index (χ1v) is 17.3. The molecule has 4 aliphatic heterocycles. The molecule has 0 aromatic heterocycles. The number of nitrogens with one attached hydrogen (secondary N) is 4. The van der Waals surface area contributed by atoms with Gasteiger partial charge in [0.05, 0.1) is 6.61 Å². The molecule has 6 amide bonds. The summed E-state index contributed by atoms with van der Waals surface area (Å²) in [5.74, 6) is -1.92. The topological polar surface area (TPSA) is 175 Å². The van der Waals surface area contributed by atoms with E-state index in [1.54, 1.807) is 36.1 Å². The smallest absolute Gasteiger partial charge is 0.409 e. The molecule has 0 saturated carbocycles. The second kappa shape index (κ2) is 17.0. The third kappa shape index (κ3) is 9.51. The standard InChI is InChI=1S/C36H46N6O8/c1-3-49-36(48)41-18-15-26(16-19-41)38-33(45)28-20-25-11-13-27(14-12-25)50-22-31(43)39-29(21-24-8-5-4-6-9-24)35(47)42-17-7-10-30(42)34(46)37-23(2)32(44)40-28/h4-6,8-9,11-14,23,26,28-30H,3,7,10,15-22H2,1-2H3,(H,37,46)(H,38,45)(H,39,43)(H,40,44)/t23-,28-,29+,30+/m0/s1. The number of benzene rings is 2. The molecule has 0 spiro atoms. The van der Waals surface area contributed by atoms with Gasteiger partial charge < -0.3 is 40.5 Å². The van der Waals surface area contributed by atoms with E-state index >= 15 is 0 Å². The van der Waals surface area contributed by atoms with Crippen LogP contribution in [0, 0.1) is 0 Å². The Morgan fingerprint density at radius 2 is 1.62 bits per heavy atom. The van der Waals surface area contributed by atoms with Gasteiger partial charge in [0.2, 0.25) is 23.6 Å². The van der Waals surface area contributed by atoms with Crippen LogP contribution in [-0.4, -0.2) is 108 Å². The highest BCUT2D eigenvalue weighted by Crippen LogP contribution is 2.21. The number of carbonyl (C=O) groups is 6. The fourth-order valence-electron chi connectivity index (χ4n) is 6.50. The summed E-state index contributed by atoms with van der Waals surface area (Å²) >= 11 is 0. The lowest BCUT2D eigenvalue weighted by molar-refractivity contribution is -0.142. The first-order chi connectivity index (χ1) is 24.1. The van der Waals surface area contributed by atoms with E-state index < -0.39 is 53.7 Å². The minimum atomic E-state index is -1.01. The number of carbonyl (C=O) groups excluding carboxylic acids is 6. The zero-order chi connectivity index (χ0) is 35.6. The van der Waals surface area contributed by atoms with Crippen LogP contribution in [0.3, 0.4) is 0 Å². The summed E-state index contributed by atoms with van der Waals surface area (Å²) in [4.78, 5) is 82.8. The Kier molecular flexibility index (Phi) is 12.3. The van der Waals surface area contributed by atoms with Crippen molar-refractivity contribution in [1.29, 1.82) is 0 Å². The SMILES string of the molecule is CCOC(=O)N1CCC(NC(=O)[C@@H]2Cc3ccc(cc3)OCC(=O)N[C@H](Cc3ccccc3)C(=O)N3CCC[C@@H]3C(=O)N[C@@H](C)C(=O)N2)CC1. The van der Waals surface area contributed by atoms with Crippen molar-refractivity contribution in [3.63, 3.8) is 0 Å². The fraction of sp³-hybridized carbons (Fsp3) is 0.500. The molecule has 0 unspecified atom stereocenters. The Morgan fingerprint density at radius 3 is 2.32 bits per heavy atom. The second-order valence-electron chi connectivity index (χ2n) is 12.9. The van der Waals surface area contributed by atoms with E-state index in [0.717, 1.165) is 11.1 Å². The van der Waals surface area contributed by atoms with Crippen molar-refractivity contribution in [3.05, 3.63) is 65.7 Å². The van der Waals surface area contributed by atoms with Gasteiger partial charge in [-0.25, -0.2) is 4.79 Å². The lowest BCUT2D eigenvalue weighted by Gasteiger charge is -2.32. The van der Waals surface area contributed by atoms with Gasteiger partial charge in [0.15, 0.2) is 6.61 Å². The van der Waals surface area contributed by atoms with E-state index in [1.807, 2.05) is 30.3 Å². The van der Waals surface area contributed by atoms with Gasteiger partial charge in [0.1, 0.15) is 29.9 Å². The van der Waals surface area contributed by atoms with Crippen LogP contribution in [0.4, 0.5) is 4.79 Å². The van der Waals surface area contributed by atoms with Crippen LogP contribution in [-0.2, 0) is 41.6 Å². The summed E-state index contributed by atoms with van der Waals surface area (Å²) in [6, 6.07) is 12.1. The highest BCUT2D eigenvalue weighted by atomic mass is 16.6. The molecule has 4 N–H and O–H groups in total. The molecule has 6 rings (SSSR count). The van der Waals surface area contributed by atoms with Crippen LogP contribution >= 0.6 is 0 Å². The number of hydrogen-bond donors (Lipinski definition) is 4. The van der Waals surface area contributed by atoms with Crippen LogP contribution in [0.15, 0.2) is 54.6 Å². The number of ether oxygens (including phenoxy) is 2. The number of amides is 6. The Bertz CT molecular complexity index is 1530. The number of nitrogens with zero attached hydrogens (tertiary/aromatic N) is 2. The predicted molar refractivity (Wildman–Crippen MR) is 182 cm³/mol. The highest BCUT2D eigenvalue weighted by Gasteiger charge is 2.39. The summed E-state index contributed by atoms with van der Waals surface area (Å²) in [5, 5.41) is 11.4. The minimum Gasteiger partial charge on any atom is -0.484 e. The lowest BCUT2D eigenvalue weighted by atomic mass is 10.0. The van der Waals surface area contributed by atoms with Gasteiger partial charge in [-0.1, -0.05) is 42.5 Å². The van der Waals surface area contributed by atoms with Crippen molar-refractivity contribution in [2.75, 3.05) is 32.8 Å². The summed E-state index contributed by atoms with van der Waals surface area (Å²) in [6.45, 7) is 4.40. The lowest BCUT2D eigenvalue weighted by Crippen LogP contribution is -2.58. The number of rotatable bonds is 5. The van der Waals surface area contributed by atoms with Gasteiger partial charge in [0, 0.05) is 38.5 Å². The quantitative estimate of drug-likeness (QED) is 0.360. The normalized spacial score (nSPS) is 24.0. The molecule has 4 atom stereocenters. The monoisotopic (exact) mass is 690 g/mol. The molecular formula is C36H46N6O8. The third-order valence-corrected chi connectivity index (χ3v) is 9.24. The summed E-state index contributed by atoms with van der Waals surface area (Å²) in [6.07, 6.45) is 2.01. The first kappa shape index (κ1) is 36.1. The predicted octanol–water partition coefficient (Wildman–Crippen LogP) is 1.07. The van der Waals surface area contributed by atoms with Crippen molar-refractivity contribution in [3.8, 4) is 5.75 Å². The summed E-state index contributed by atoms with van der Waals surface area (Å²) in [5.41, 5.74) is 1.57. The Balaban J connectivity index is 1.33. The highest BCUT2D eigenvalue weighted by molar-refractivity contribution is 5.96. The van der Waals surface area contributed by atoms with Crippen molar-refractivity contribution in [2.45, 2.75) is 82.6 Å². The molecule has 4 heterocycles. The maximum Gasteiger partial charge on any atom is 0.409 e. The van der Waals surface area contributed by atoms with Crippen LogP contribution in [0.2, 0.25) is 0 Å². The molecule has 4 aliphatic rings. The van der Waals surface area contributed by atoms with E-state index in [-0.39, 0.29) is 38.2 Å². The molecule has 14 heteroatoms. The molecule has 2 fully saturated rings. The van der Waals surface area contributed by atoms with Crippen molar-refractivity contribution in [1.82, 2.24) is 31.1 Å². The molecule has 50 heavy (non-hydrogen) atoms. The average molecular weight is 691 g/mol. The van der Waals surface area contributed by atoms with Gasteiger partial charge in [-0.05, 0) is 62.8 Å². The van der Waals surface area contributed by atoms with Gasteiger partial charge in [0.25, 0.3) is 5.91 Å². The maximum absolute atomic E-state index is 13.9. The van der Waals surface area contributed by atoms with E-state index in [2.05, 4.69) is 21.3 Å². The second-order valence-corrected chi connectivity index (χ2v) is 12.9. The van der Waals surface area contributed by atoms with E-state index in [0.29, 0.717) is 51.1 Å². The Hall–Kier alpha value is -5.14. The fourth-order valence-corrected chi connectivity index (χ4v) is 6.50. The van der Waals surface area contributed by atoms with Gasteiger partial charge >= 0.3 is 6.09 Å². The Morgan fingerprint density at radius 1 is 0.900 bits per heavy atom. The molecule has 2 bridgehead atoms. The number of hydrogen-bond acceptors (Lipinski definition) is 8. The Labute approximate surface area is 291 Å². The molecule has 2 aromatic rings. The van der Waals surface area contributed by atoms with Crippen LogP contribution in [0.25, 0.3) is 0 Å². The molecular weight excluding hydrogens is 644 g/mol. The number of fused-ring (bicyclic) bond motifs is 13. The van der Waals surface area contributed by atoms with Crippen LogP contribution < -0.4 is 26.0 Å². The maximum atomic E-state index is 13.9. The molecule has 2 saturated heterocycles. The minimum absolute atomic E-state index is 0.146. The summed E-state index contributed by atoms with van der Waals surface area (Å²) in [7, 11) is 0. The summed E-state index contributed by atoms with van der Waals surface area (Å²) < 4.78 is 10.8. The zero-order valence-electron chi connectivity index (χ0n) is 28.5. The molecule has 0 aliphatic carbocycles. The molecule has 14 nitrogen and oxygen atoms in total. The van der Waals surface area contributed by atoms with Gasteiger partial charge in [-0.15, -0.1) is 0 Å². The zero-order valence-corrected chi connectivity index (χ0v) is 28.5. The number of piperidine rings is 1. The van der Waals surface area contributed by atoms with Crippen molar-refractivity contribution in [2.24, 2.45) is 0 Å². The van der Waals surface area contributed by atoms with Crippen LogP contribution in [0.5, 0.6) is 5.75 Å². The largest absolute Gasteiger partial charge is 0.484 e. The first-order valence-electron chi connectivity index (χ1n) is 17.3. The molecule has 0 radical (unpaired) electrons. The van der Waals surface area contributed by atoms with E-state index in [4.69, 9.17) is 9.47 Å². The average Bonchev–Trinajstić information content (AvgIpc) is 3.61. The van der Waals surface area contributed by atoms with Gasteiger partial charge in [-0.3, -0.25) is 24.0 Å². The third-order valence-electron chi connectivity index (χ3n) is 9.24. The van der Waals surface area contributed by atoms with Crippen LogP contribution in [0.1, 0.15) is 50.7 Å². The van der Waals surface area contributed by atoms with Gasteiger partial charge in [-0.2, -0.15) is 0 Å². The van der Waals surface area contributed by atoms with Crippen molar-refractivity contribution >= 4 is 35.6 Å². The van der Waals surface area contributed by atoms with E-state index in [1.165, 1.54) is 11.8 Å².